The second-order valence-corrected chi connectivity index (χ2v) is 5.87. The molecule has 0 radical (unpaired) electrons. The predicted molar refractivity (Wildman–Crippen MR) is 82.2 cm³/mol. The molecule has 0 unspecified atom stereocenters. The third-order valence-corrected chi connectivity index (χ3v) is 4.22. The van der Waals surface area contributed by atoms with Gasteiger partial charge in [-0.3, -0.25) is 4.79 Å². The third-order valence-electron chi connectivity index (χ3n) is 4.22. The maximum Gasteiger partial charge on any atom is 0.451 e. The van der Waals surface area contributed by atoms with Crippen molar-refractivity contribution in [1.82, 2.24) is 19.7 Å². The monoisotopic (exact) mass is 368 g/mol. The zero-order chi connectivity index (χ0) is 18.9. The van der Waals surface area contributed by atoms with Crippen molar-refractivity contribution >= 4 is 11.9 Å². The van der Waals surface area contributed by atoms with Crippen molar-refractivity contribution in [3.8, 4) is 0 Å². The highest BCUT2D eigenvalue weighted by atomic mass is 19.4. The molecule has 2 aromatic rings. The summed E-state index contributed by atoms with van der Waals surface area (Å²) in [5.41, 5.74) is 0.668. The zero-order valence-electron chi connectivity index (χ0n) is 13.5. The van der Waals surface area contributed by atoms with Gasteiger partial charge in [-0.1, -0.05) is 18.2 Å². The molecule has 1 N–H and O–H groups in total. The Kier molecular flexibility index (Phi) is 4.66. The van der Waals surface area contributed by atoms with Crippen LogP contribution in [0.1, 0.15) is 34.0 Å². The minimum Gasteiger partial charge on any atom is -0.478 e. The summed E-state index contributed by atoms with van der Waals surface area (Å²) in [6, 6.07) is 6.39. The lowest BCUT2D eigenvalue weighted by atomic mass is 10.0. The lowest BCUT2D eigenvalue weighted by Gasteiger charge is -2.28. The van der Waals surface area contributed by atoms with Crippen LogP contribution in [0.2, 0.25) is 0 Å². The number of fused-ring (bicyclic) bond motifs is 1. The number of aromatic carboxylic acids is 1. The number of alkyl halides is 3. The topological polar surface area (TPSA) is 88.3 Å². The van der Waals surface area contributed by atoms with Crippen LogP contribution < -0.4 is 0 Å². The minimum atomic E-state index is -4.59. The summed E-state index contributed by atoms with van der Waals surface area (Å²) in [5.74, 6) is -2.32. The highest BCUT2D eigenvalue weighted by Crippen LogP contribution is 2.29. The standard InChI is InChI=1S/C16H15F3N4O3/c17-16(18,19)15-21-20-12-9-22(7-8-23(12)15)13(24)6-5-10-3-1-2-4-11(10)14(25)26/h1-4H,5-9H2,(H,25,26). The van der Waals surface area contributed by atoms with E-state index in [-0.39, 0.29) is 49.8 Å². The number of carbonyl (C=O) groups excluding carboxylic acids is 1. The quantitative estimate of drug-likeness (QED) is 0.891. The first-order chi connectivity index (χ1) is 12.3. The van der Waals surface area contributed by atoms with E-state index in [4.69, 9.17) is 5.11 Å². The number of aryl methyl sites for hydroxylation is 1. The second-order valence-electron chi connectivity index (χ2n) is 5.87. The number of hydrogen-bond donors (Lipinski definition) is 1. The van der Waals surface area contributed by atoms with Gasteiger partial charge in [-0.25, -0.2) is 4.79 Å². The molecule has 0 saturated carbocycles. The van der Waals surface area contributed by atoms with Crippen LogP contribution in [0, 0.1) is 0 Å². The number of rotatable bonds is 4. The highest BCUT2D eigenvalue weighted by Gasteiger charge is 2.39. The van der Waals surface area contributed by atoms with Crippen LogP contribution >= 0.6 is 0 Å². The fraction of sp³-hybridized carbons (Fsp3) is 0.375. The van der Waals surface area contributed by atoms with Crippen LogP contribution in [0.5, 0.6) is 0 Å². The van der Waals surface area contributed by atoms with Crippen LogP contribution in [0.3, 0.4) is 0 Å². The largest absolute Gasteiger partial charge is 0.478 e. The molecule has 0 spiro atoms. The van der Waals surface area contributed by atoms with Crippen molar-refractivity contribution < 1.29 is 27.9 Å². The van der Waals surface area contributed by atoms with Gasteiger partial charge >= 0.3 is 12.1 Å². The first-order valence-corrected chi connectivity index (χ1v) is 7.85. The first kappa shape index (κ1) is 17.9. The molecule has 138 valence electrons. The van der Waals surface area contributed by atoms with Gasteiger partial charge in [0.05, 0.1) is 12.1 Å². The van der Waals surface area contributed by atoms with Crippen LogP contribution in [-0.4, -0.2) is 43.2 Å². The minimum absolute atomic E-state index is 0.0331. The average molecular weight is 368 g/mol. The number of carboxylic acid groups (broad SMARTS) is 1. The second kappa shape index (κ2) is 6.77. The molecule has 1 aromatic heterocycles. The number of amides is 1. The van der Waals surface area contributed by atoms with Crippen LogP contribution in [0.25, 0.3) is 0 Å². The van der Waals surface area contributed by atoms with Crippen molar-refractivity contribution in [3.05, 3.63) is 47.0 Å². The number of halogens is 3. The summed E-state index contributed by atoms with van der Waals surface area (Å²) in [7, 11) is 0. The van der Waals surface area contributed by atoms with Gasteiger partial charge in [-0.15, -0.1) is 10.2 Å². The van der Waals surface area contributed by atoms with Gasteiger partial charge in [0.25, 0.3) is 0 Å². The molecular weight excluding hydrogens is 353 g/mol. The Bertz CT molecular complexity index is 848. The van der Waals surface area contributed by atoms with Crippen LogP contribution in [0.4, 0.5) is 13.2 Å². The van der Waals surface area contributed by atoms with Gasteiger partial charge in [-0.2, -0.15) is 13.2 Å². The maximum absolute atomic E-state index is 12.8. The molecule has 2 heterocycles. The van der Waals surface area contributed by atoms with Crippen molar-refractivity contribution in [3.63, 3.8) is 0 Å². The highest BCUT2D eigenvalue weighted by molar-refractivity contribution is 5.89. The normalized spacial score (nSPS) is 14.2. The lowest BCUT2D eigenvalue weighted by molar-refractivity contribution is -0.148. The van der Waals surface area contributed by atoms with Gasteiger partial charge in [0.1, 0.15) is 0 Å². The lowest BCUT2D eigenvalue weighted by Crippen LogP contribution is -2.39. The van der Waals surface area contributed by atoms with Gasteiger partial charge in [0, 0.05) is 19.5 Å². The van der Waals surface area contributed by atoms with Crippen molar-refractivity contribution in [1.29, 1.82) is 0 Å². The Morgan fingerprint density at radius 1 is 1.15 bits per heavy atom. The zero-order valence-corrected chi connectivity index (χ0v) is 13.5. The molecule has 1 aliphatic heterocycles. The molecule has 1 aliphatic rings. The smallest absolute Gasteiger partial charge is 0.451 e. The number of hydrogen-bond acceptors (Lipinski definition) is 4. The SMILES string of the molecule is O=C(O)c1ccccc1CCC(=O)N1CCn2c(nnc2C(F)(F)F)C1. The van der Waals surface area contributed by atoms with Crippen molar-refractivity contribution in [2.75, 3.05) is 6.54 Å². The van der Waals surface area contributed by atoms with Crippen LogP contribution in [0.15, 0.2) is 24.3 Å². The Labute approximate surface area is 146 Å². The fourth-order valence-corrected chi connectivity index (χ4v) is 2.93. The van der Waals surface area contributed by atoms with E-state index in [0.717, 1.165) is 4.57 Å². The molecule has 0 bridgehead atoms. The number of carbonyl (C=O) groups is 2. The van der Waals surface area contributed by atoms with E-state index in [9.17, 15) is 22.8 Å². The van der Waals surface area contributed by atoms with E-state index in [1.165, 1.54) is 11.0 Å². The average Bonchev–Trinajstić information content (AvgIpc) is 3.03. The molecule has 1 aromatic carbocycles. The van der Waals surface area contributed by atoms with E-state index in [2.05, 4.69) is 10.2 Å². The van der Waals surface area contributed by atoms with Gasteiger partial charge in [0.2, 0.25) is 11.7 Å². The Hall–Kier alpha value is -2.91. The molecule has 0 aliphatic carbocycles. The number of carboxylic acids is 1. The van der Waals surface area contributed by atoms with E-state index in [1.807, 2.05) is 0 Å². The van der Waals surface area contributed by atoms with E-state index >= 15 is 0 Å². The molecule has 10 heteroatoms. The van der Waals surface area contributed by atoms with E-state index in [1.54, 1.807) is 18.2 Å². The molecule has 26 heavy (non-hydrogen) atoms. The summed E-state index contributed by atoms with van der Waals surface area (Å²) in [4.78, 5) is 25.0. The number of benzene rings is 1. The Morgan fingerprint density at radius 2 is 1.88 bits per heavy atom. The van der Waals surface area contributed by atoms with E-state index in [0.29, 0.717) is 5.56 Å². The van der Waals surface area contributed by atoms with Crippen molar-refractivity contribution in [2.24, 2.45) is 0 Å². The first-order valence-electron chi connectivity index (χ1n) is 7.85. The van der Waals surface area contributed by atoms with Gasteiger partial charge in [-0.05, 0) is 18.1 Å². The molecule has 0 fully saturated rings. The molecule has 7 nitrogen and oxygen atoms in total. The Balaban J connectivity index is 1.66. The van der Waals surface area contributed by atoms with Crippen LogP contribution in [-0.2, 0) is 30.5 Å². The third kappa shape index (κ3) is 3.53. The number of nitrogens with zero attached hydrogens (tertiary/aromatic N) is 4. The van der Waals surface area contributed by atoms with E-state index < -0.39 is 18.0 Å². The summed E-state index contributed by atoms with van der Waals surface area (Å²) in [5, 5.41) is 15.9. The molecule has 0 atom stereocenters. The van der Waals surface area contributed by atoms with Gasteiger partial charge in [0.15, 0.2) is 5.82 Å². The summed E-state index contributed by atoms with van der Waals surface area (Å²) < 4.78 is 39.4. The molecule has 3 rings (SSSR count). The Morgan fingerprint density at radius 3 is 2.58 bits per heavy atom. The summed E-state index contributed by atoms with van der Waals surface area (Å²) in [6.07, 6.45) is -4.29. The maximum atomic E-state index is 12.8. The van der Waals surface area contributed by atoms with Gasteiger partial charge < -0.3 is 14.6 Å². The molecule has 1 amide bonds. The summed E-state index contributed by atoms with van der Waals surface area (Å²) >= 11 is 0. The predicted octanol–water partition coefficient (Wildman–Crippen LogP) is 1.97. The fourth-order valence-electron chi connectivity index (χ4n) is 2.93. The number of aromatic nitrogens is 3. The van der Waals surface area contributed by atoms with Crippen molar-refractivity contribution in [2.45, 2.75) is 32.1 Å². The molecular formula is C16H15F3N4O3. The molecule has 0 saturated heterocycles. The summed E-state index contributed by atoms with van der Waals surface area (Å²) in [6.45, 7) is 0.0324.